The summed E-state index contributed by atoms with van der Waals surface area (Å²) in [5, 5.41) is 25.4. The maximum absolute atomic E-state index is 12.0. The summed E-state index contributed by atoms with van der Waals surface area (Å²) in [7, 11) is 0. The van der Waals surface area contributed by atoms with Crippen molar-refractivity contribution in [1.29, 1.82) is 5.26 Å². The van der Waals surface area contributed by atoms with E-state index in [-0.39, 0.29) is 0 Å². The summed E-state index contributed by atoms with van der Waals surface area (Å²) in [5.41, 5.74) is 8.93. The molecule has 312 valence electrons. The van der Waals surface area contributed by atoms with Gasteiger partial charge >= 0.3 is 0 Å². The lowest BCUT2D eigenvalue weighted by Crippen LogP contribution is -2.09. The molecule has 6 heterocycles. The molecule has 0 N–H and O–H groups in total. The molecular weight excluding hydrogens is 869 g/mol. The van der Waals surface area contributed by atoms with Crippen LogP contribution in [0.25, 0.3) is 144 Å². The molecular formula is C60H30N6S2. The van der Waals surface area contributed by atoms with Crippen LogP contribution < -0.4 is 0 Å². The van der Waals surface area contributed by atoms with E-state index in [0.29, 0.717) is 28.2 Å². The van der Waals surface area contributed by atoms with Gasteiger partial charge in [0.15, 0.2) is 0 Å². The first-order chi connectivity index (χ1) is 33.7. The number of fused-ring (bicyclic) bond motifs is 13. The highest BCUT2D eigenvalue weighted by Gasteiger charge is 2.33. The number of hydrogen-bond donors (Lipinski definition) is 0. The van der Waals surface area contributed by atoms with Crippen LogP contribution in [-0.2, 0) is 0 Å². The average molecular weight is 899 g/mol. The zero-order valence-corrected chi connectivity index (χ0v) is 37.5. The van der Waals surface area contributed by atoms with Crippen LogP contribution in [-0.4, -0.2) is 19.1 Å². The minimum Gasteiger partial charge on any atom is -0.315 e. The number of rotatable bonds is 4. The van der Waals surface area contributed by atoms with Gasteiger partial charge in [0.2, 0.25) is 5.69 Å². The van der Waals surface area contributed by atoms with Gasteiger partial charge in [-0.25, -0.2) is 4.85 Å². The van der Waals surface area contributed by atoms with Crippen LogP contribution in [0.15, 0.2) is 183 Å². The van der Waals surface area contributed by atoms with Crippen LogP contribution in [0.3, 0.4) is 0 Å². The van der Waals surface area contributed by atoms with Crippen molar-refractivity contribution in [1.82, 2.24) is 19.1 Å². The van der Waals surface area contributed by atoms with Crippen LogP contribution in [0.4, 0.5) is 5.69 Å². The molecule has 15 rings (SSSR count). The molecule has 0 aliphatic carbocycles. The number of aromatic nitrogens is 4. The Labute approximate surface area is 395 Å². The monoisotopic (exact) mass is 898 g/mol. The van der Waals surface area contributed by atoms with Crippen LogP contribution in [0, 0.1) is 17.9 Å². The lowest BCUT2D eigenvalue weighted by Gasteiger charge is -2.25. The SMILES string of the molecule is [C-]#[N+]c1c(-c2ccccc2)c(C#N)c(-n2c3cc4sc5ccccc5c4cc3c3ccc4c5ccccc5sc4c32)c(-c2ccccc2)c1-n1c2cncc3c4ccccc4c4cncc1c4c32. The van der Waals surface area contributed by atoms with Crippen LogP contribution in [0.1, 0.15) is 5.56 Å². The van der Waals surface area contributed by atoms with Crippen LogP contribution in [0.5, 0.6) is 0 Å². The van der Waals surface area contributed by atoms with E-state index in [1.807, 2.05) is 73.3 Å². The summed E-state index contributed by atoms with van der Waals surface area (Å²) in [6.07, 6.45) is 7.78. The highest BCUT2D eigenvalue weighted by atomic mass is 32.1. The summed E-state index contributed by atoms with van der Waals surface area (Å²) in [6, 6.07) is 58.1. The molecule has 0 fully saturated rings. The first-order valence-corrected chi connectivity index (χ1v) is 24.0. The fourth-order valence-electron chi connectivity index (χ4n) is 11.4. The number of thiophene rings is 2. The quantitative estimate of drug-likeness (QED) is 0.131. The fraction of sp³-hybridized carbons (Fsp3) is 0. The van der Waals surface area contributed by atoms with Crippen molar-refractivity contribution in [2.45, 2.75) is 0 Å². The van der Waals surface area contributed by atoms with Crippen molar-refractivity contribution in [2.75, 3.05) is 0 Å². The Morgan fingerprint density at radius 2 is 1.01 bits per heavy atom. The van der Waals surface area contributed by atoms with E-state index in [9.17, 15) is 11.8 Å². The number of nitrogens with zero attached hydrogens (tertiary/aromatic N) is 6. The summed E-state index contributed by atoms with van der Waals surface area (Å²) in [5.74, 6) is 0. The van der Waals surface area contributed by atoms with Gasteiger partial charge in [0.1, 0.15) is 6.07 Å². The second-order valence-corrected chi connectivity index (χ2v) is 19.5. The van der Waals surface area contributed by atoms with Crippen molar-refractivity contribution < 1.29 is 0 Å². The lowest BCUT2D eigenvalue weighted by molar-refractivity contribution is 1.13. The van der Waals surface area contributed by atoms with E-state index in [2.05, 4.69) is 129 Å². The molecule has 8 heteroatoms. The summed E-state index contributed by atoms with van der Waals surface area (Å²) in [4.78, 5) is 14.4. The second kappa shape index (κ2) is 13.8. The maximum Gasteiger partial charge on any atom is 0.220 e. The van der Waals surface area contributed by atoms with Gasteiger partial charge in [-0.2, -0.15) is 5.26 Å². The molecule has 0 atom stereocenters. The third kappa shape index (κ3) is 4.82. The molecule has 0 aliphatic rings. The smallest absolute Gasteiger partial charge is 0.220 e. The van der Waals surface area contributed by atoms with Gasteiger partial charge in [-0.3, -0.25) is 9.97 Å². The largest absolute Gasteiger partial charge is 0.315 e. The first kappa shape index (κ1) is 37.3. The van der Waals surface area contributed by atoms with Crippen molar-refractivity contribution in [3.05, 3.63) is 199 Å². The third-order valence-corrected chi connectivity index (χ3v) is 16.4. The topological polar surface area (TPSA) is 63.8 Å². The Bertz CT molecular complexity index is 4670. The van der Waals surface area contributed by atoms with Crippen molar-refractivity contribution in [2.24, 2.45) is 0 Å². The molecule has 0 radical (unpaired) electrons. The van der Waals surface area contributed by atoms with Gasteiger partial charge < -0.3 is 9.13 Å². The standard InChI is InChI=1S/C60H30N6S2/c1-62-56-52(33-14-4-2-5-15-33)43(28-61)57(53(34-16-6-3-7-17-34)59(56)65-47-31-63-29-44-35-18-8-9-19-36(35)45-30-64-32-48(65)55(45)54(44)47)66-46-27-51-42(38-21-11-12-22-49(38)67-51)26-41(46)39-24-25-40-37-20-10-13-23-50(37)68-60(40)58(39)66/h2-27,29-32H. The average Bonchev–Trinajstić information content (AvgIpc) is 4.15. The zero-order valence-electron chi connectivity index (χ0n) is 35.8. The lowest BCUT2D eigenvalue weighted by atomic mass is 9.88. The third-order valence-electron chi connectivity index (χ3n) is 14.1. The molecule has 0 unspecified atom stereocenters. The molecule has 0 amide bonds. The predicted molar refractivity (Wildman–Crippen MR) is 285 cm³/mol. The molecule has 6 aromatic heterocycles. The van der Waals surface area contributed by atoms with Crippen LogP contribution in [0.2, 0.25) is 0 Å². The minimum atomic E-state index is 0.376. The van der Waals surface area contributed by atoms with E-state index in [0.717, 1.165) is 96.6 Å². The van der Waals surface area contributed by atoms with Gasteiger partial charge in [0.05, 0.1) is 62.7 Å². The molecule has 0 aliphatic heterocycles. The van der Waals surface area contributed by atoms with E-state index in [1.165, 1.54) is 25.6 Å². The first-order valence-electron chi connectivity index (χ1n) is 22.4. The molecule has 15 aromatic rings. The number of pyridine rings is 2. The normalized spacial score (nSPS) is 12.1. The zero-order chi connectivity index (χ0) is 44.8. The van der Waals surface area contributed by atoms with Gasteiger partial charge in [0.25, 0.3) is 0 Å². The Morgan fingerprint density at radius 1 is 0.456 bits per heavy atom. The molecule has 68 heavy (non-hydrogen) atoms. The predicted octanol–water partition coefficient (Wildman–Crippen LogP) is 16.9. The minimum absolute atomic E-state index is 0.376. The Hall–Kier alpha value is -8.92. The van der Waals surface area contributed by atoms with Crippen LogP contribution >= 0.6 is 22.7 Å². The number of hydrogen-bond acceptors (Lipinski definition) is 5. The fourth-order valence-corrected chi connectivity index (χ4v) is 13.7. The highest BCUT2D eigenvalue weighted by molar-refractivity contribution is 7.27. The van der Waals surface area contributed by atoms with Gasteiger partial charge in [0, 0.05) is 91.5 Å². The molecule has 0 saturated heterocycles. The van der Waals surface area contributed by atoms with E-state index < -0.39 is 0 Å². The molecule has 6 nitrogen and oxygen atoms in total. The second-order valence-electron chi connectivity index (χ2n) is 17.4. The number of nitriles is 1. The van der Waals surface area contributed by atoms with Crippen molar-refractivity contribution in [3.8, 4) is 39.7 Å². The van der Waals surface area contributed by atoms with E-state index >= 15 is 0 Å². The number of benzene rings is 9. The summed E-state index contributed by atoms with van der Waals surface area (Å²) >= 11 is 3.57. The Kier molecular flexibility index (Phi) is 7.58. The van der Waals surface area contributed by atoms with Crippen molar-refractivity contribution >= 4 is 134 Å². The van der Waals surface area contributed by atoms with E-state index in [1.54, 1.807) is 22.7 Å². The Morgan fingerprint density at radius 3 is 1.65 bits per heavy atom. The molecule has 0 bridgehead atoms. The maximum atomic E-state index is 12.0. The Balaban J connectivity index is 1.24. The highest BCUT2D eigenvalue weighted by Crippen LogP contribution is 2.55. The van der Waals surface area contributed by atoms with E-state index in [4.69, 9.17) is 9.97 Å². The van der Waals surface area contributed by atoms with Gasteiger partial charge in [-0.05, 0) is 46.2 Å². The summed E-state index contributed by atoms with van der Waals surface area (Å²) in [6.45, 7) is 9.31. The molecule has 0 saturated carbocycles. The molecule has 0 spiro atoms. The van der Waals surface area contributed by atoms with Gasteiger partial charge in [-0.15, -0.1) is 22.7 Å². The summed E-state index contributed by atoms with van der Waals surface area (Å²) < 4.78 is 9.32. The molecule has 9 aromatic carbocycles. The van der Waals surface area contributed by atoms with Crippen molar-refractivity contribution in [3.63, 3.8) is 0 Å². The van der Waals surface area contributed by atoms with Gasteiger partial charge in [-0.1, -0.05) is 133 Å².